The number of fused-ring (bicyclic) bond motifs is 2. The highest BCUT2D eigenvalue weighted by Gasteiger charge is 2.35. The van der Waals surface area contributed by atoms with Gasteiger partial charge in [0.2, 0.25) is 11.9 Å². The van der Waals surface area contributed by atoms with Crippen LogP contribution in [0.15, 0.2) is 48.7 Å². The van der Waals surface area contributed by atoms with Crippen LogP contribution >= 0.6 is 0 Å². The van der Waals surface area contributed by atoms with Crippen LogP contribution in [0.1, 0.15) is 25.7 Å². The van der Waals surface area contributed by atoms with Gasteiger partial charge in [-0.25, -0.2) is 9.97 Å². The van der Waals surface area contributed by atoms with Gasteiger partial charge in [-0.05, 0) is 62.1 Å². The van der Waals surface area contributed by atoms with Gasteiger partial charge < -0.3 is 24.8 Å². The molecule has 1 amide bonds. The van der Waals surface area contributed by atoms with Gasteiger partial charge in [0.05, 0.1) is 11.0 Å². The summed E-state index contributed by atoms with van der Waals surface area (Å²) in [5.41, 5.74) is 2.28. The van der Waals surface area contributed by atoms with Gasteiger partial charge in [-0.1, -0.05) is 0 Å². The van der Waals surface area contributed by atoms with Gasteiger partial charge in [0, 0.05) is 42.9 Å². The van der Waals surface area contributed by atoms with Crippen molar-refractivity contribution in [2.24, 2.45) is 5.92 Å². The molecule has 2 fully saturated rings. The Kier molecular flexibility index (Phi) is 5.52. The van der Waals surface area contributed by atoms with E-state index >= 15 is 0 Å². The molecule has 0 bridgehead atoms. The van der Waals surface area contributed by atoms with Crippen molar-refractivity contribution in [1.29, 1.82) is 0 Å². The minimum Gasteiger partial charge on any atom is -0.508 e. The quantitative estimate of drug-likeness (QED) is 0.415. The number of nitrogens with one attached hydrogen (secondary N) is 1. The van der Waals surface area contributed by atoms with E-state index in [0.29, 0.717) is 54.4 Å². The molecule has 1 saturated carbocycles. The van der Waals surface area contributed by atoms with Gasteiger partial charge in [0.1, 0.15) is 30.6 Å². The van der Waals surface area contributed by atoms with Gasteiger partial charge >= 0.3 is 0 Å². The van der Waals surface area contributed by atoms with Crippen LogP contribution < -0.4 is 14.8 Å². The predicted octanol–water partition coefficient (Wildman–Crippen LogP) is 3.77. The summed E-state index contributed by atoms with van der Waals surface area (Å²) in [6, 6.07) is 12.8. The molecule has 10 nitrogen and oxygen atoms in total. The predicted molar refractivity (Wildman–Crippen MR) is 141 cm³/mol. The molecule has 194 valence electrons. The number of hydrogen-bond acceptors (Lipinski definition) is 8. The maximum Gasteiger partial charge on any atom is 0.225 e. The molecule has 2 aromatic heterocycles. The van der Waals surface area contributed by atoms with E-state index in [2.05, 4.69) is 10.3 Å². The number of phenols is 1. The zero-order chi connectivity index (χ0) is 25.6. The molecule has 1 atom stereocenters. The molecule has 1 saturated heterocycles. The van der Waals surface area contributed by atoms with Crippen molar-refractivity contribution >= 4 is 22.9 Å². The van der Waals surface area contributed by atoms with E-state index < -0.39 is 0 Å². The lowest BCUT2D eigenvalue weighted by Crippen LogP contribution is -2.45. The second kappa shape index (κ2) is 9.20. The topological polar surface area (TPSA) is 115 Å². The molecule has 0 spiro atoms. The molecule has 1 aliphatic carbocycles. The van der Waals surface area contributed by atoms with Crippen molar-refractivity contribution < 1.29 is 19.4 Å². The first kappa shape index (κ1) is 22.8. The molecule has 38 heavy (non-hydrogen) atoms. The molecule has 2 N–H and O–H groups in total. The first-order chi connectivity index (χ1) is 18.6. The van der Waals surface area contributed by atoms with Crippen LogP contribution in [0.4, 0.5) is 5.95 Å². The normalized spacial score (nSPS) is 18.9. The van der Waals surface area contributed by atoms with Crippen LogP contribution in [-0.4, -0.2) is 67.8 Å². The highest BCUT2D eigenvalue weighted by atomic mass is 16.6. The highest BCUT2D eigenvalue weighted by Crippen LogP contribution is 2.37. The van der Waals surface area contributed by atoms with Crippen molar-refractivity contribution in [2.45, 2.75) is 31.7 Å². The Morgan fingerprint density at radius 2 is 1.87 bits per heavy atom. The largest absolute Gasteiger partial charge is 0.508 e. The highest BCUT2D eigenvalue weighted by molar-refractivity contribution is 5.84. The Bertz CT molecular complexity index is 1530. The number of benzene rings is 2. The molecule has 4 aromatic rings. The monoisotopic (exact) mass is 512 g/mol. The molecular formula is C28H28N6O4. The standard InChI is InChI=1S/C28H28N6O4/c35-20-6-7-22-21(15-20)31-26(18-5-8-23-24(14-18)38-13-12-37-23)34(22)25-9-10-29-28(32-25)30-19-2-1-11-33(16-19)27(36)17-3-4-17/h5-10,14-15,17,19,35H,1-4,11-13,16H2,(H,29,30,32)/t19-/m0/s1. The van der Waals surface area contributed by atoms with Crippen LogP contribution in [0.2, 0.25) is 0 Å². The lowest BCUT2D eigenvalue weighted by atomic mass is 10.1. The van der Waals surface area contributed by atoms with Crippen LogP contribution in [0.3, 0.4) is 0 Å². The summed E-state index contributed by atoms with van der Waals surface area (Å²) in [4.78, 5) is 28.8. The van der Waals surface area contributed by atoms with E-state index in [4.69, 9.17) is 19.4 Å². The van der Waals surface area contributed by atoms with Crippen molar-refractivity contribution in [1.82, 2.24) is 24.4 Å². The van der Waals surface area contributed by atoms with Gasteiger partial charge in [0.15, 0.2) is 11.5 Å². The number of aromatic nitrogens is 4. The van der Waals surface area contributed by atoms with Gasteiger partial charge in [0.25, 0.3) is 0 Å². The summed E-state index contributed by atoms with van der Waals surface area (Å²) in [5, 5.41) is 13.6. The lowest BCUT2D eigenvalue weighted by Gasteiger charge is -2.33. The molecule has 2 aliphatic heterocycles. The number of phenolic OH excluding ortho intramolecular Hbond substituents is 1. The third-order valence-corrected chi connectivity index (χ3v) is 7.30. The number of amides is 1. The Balaban J connectivity index is 1.24. The third-order valence-electron chi connectivity index (χ3n) is 7.30. The fraction of sp³-hybridized carbons (Fsp3) is 0.357. The number of imidazole rings is 1. The number of carbonyl (C=O) groups is 1. The average Bonchev–Trinajstić information content (AvgIpc) is 3.73. The number of carbonyl (C=O) groups excluding carboxylic acids is 1. The second-order valence-corrected chi connectivity index (χ2v) is 10.1. The summed E-state index contributed by atoms with van der Waals surface area (Å²) < 4.78 is 13.5. The minimum absolute atomic E-state index is 0.0930. The minimum atomic E-state index is 0.0930. The first-order valence-electron chi connectivity index (χ1n) is 13.1. The summed E-state index contributed by atoms with van der Waals surface area (Å²) in [7, 11) is 0. The average molecular weight is 513 g/mol. The second-order valence-electron chi connectivity index (χ2n) is 10.1. The van der Waals surface area contributed by atoms with Crippen molar-refractivity contribution in [3.05, 3.63) is 48.7 Å². The number of anilines is 1. The summed E-state index contributed by atoms with van der Waals surface area (Å²) in [6.07, 6.45) is 5.67. The van der Waals surface area contributed by atoms with Crippen LogP contribution in [0.5, 0.6) is 17.2 Å². The van der Waals surface area contributed by atoms with Crippen molar-refractivity contribution in [3.8, 4) is 34.5 Å². The maximum absolute atomic E-state index is 12.6. The zero-order valence-corrected chi connectivity index (χ0v) is 20.8. The molecule has 7 rings (SSSR count). The van der Waals surface area contributed by atoms with Gasteiger partial charge in [-0.2, -0.15) is 4.98 Å². The molecule has 10 heteroatoms. The maximum atomic E-state index is 12.6. The summed E-state index contributed by atoms with van der Waals surface area (Å²) in [5.74, 6) is 3.82. The van der Waals surface area contributed by atoms with E-state index in [1.165, 1.54) is 0 Å². The Hall–Kier alpha value is -4.34. The molecule has 4 heterocycles. The van der Waals surface area contributed by atoms with Crippen LogP contribution in [0.25, 0.3) is 28.2 Å². The number of rotatable bonds is 5. The van der Waals surface area contributed by atoms with E-state index in [1.54, 1.807) is 18.3 Å². The molecule has 2 aromatic carbocycles. The Labute approximate surface area is 219 Å². The first-order valence-corrected chi connectivity index (χ1v) is 13.1. The van der Waals surface area contributed by atoms with E-state index in [1.807, 2.05) is 39.8 Å². The van der Waals surface area contributed by atoms with Crippen molar-refractivity contribution in [2.75, 3.05) is 31.6 Å². The van der Waals surface area contributed by atoms with Gasteiger partial charge in [-0.3, -0.25) is 9.36 Å². The summed E-state index contributed by atoms with van der Waals surface area (Å²) >= 11 is 0. The third kappa shape index (κ3) is 4.25. The Morgan fingerprint density at radius 3 is 2.74 bits per heavy atom. The number of likely N-dealkylation sites (tertiary alicyclic amines) is 1. The van der Waals surface area contributed by atoms with E-state index in [9.17, 15) is 9.90 Å². The summed E-state index contributed by atoms with van der Waals surface area (Å²) in [6.45, 7) is 2.50. The zero-order valence-electron chi connectivity index (χ0n) is 20.8. The van der Waals surface area contributed by atoms with E-state index in [-0.39, 0.29) is 23.6 Å². The molecule has 3 aliphatic rings. The fourth-order valence-electron chi connectivity index (χ4n) is 5.29. The van der Waals surface area contributed by atoms with E-state index in [0.717, 1.165) is 43.3 Å². The Morgan fingerprint density at radius 1 is 1.00 bits per heavy atom. The smallest absolute Gasteiger partial charge is 0.225 e. The number of nitrogens with zero attached hydrogens (tertiary/aromatic N) is 5. The fourth-order valence-corrected chi connectivity index (χ4v) is 5.29. The molecular weight excluding hydrogens is 484 g/mol. The number of piperidine rings is 1. The number of aromatic hydroxyl groups is 1. The van der Waals surface area contributed by atoms with Gasteiger partial charge in [-0.15, -0.1) is 0 Å². The number of hydrogen-bond donors (Lipinski definition) is 2. The van der Waals surface area contributed by atoms with Crippen LogP contribution in [-0.2, 0) is 4.79 Å². The number of ether oxygens (including phenoxy) is 2. The van der Waals surface area contributed by atoms with Crippen molar-refractivity contribution in [3.63, 3.8) is 0 Å². The molecule has 0 unspecified atom stereocenters. The molecule has 0 radical (unpaired) electrons. The van der Waals surface area contributed by atoms with Crippen LogP contribution in [0, 0.1) is 5.92 Å². The lowest BCUT2D eigenvalue weighted by molar-refractivity contribution is -0.133. The SMILES string of the molecule is O=C(C1CC1)N1CCC[C@H](Nc2nccc(-n3c(-c4ccc5c(c4)OCCO5)nc4cc(O)ccc43)n2)C1.